The second kappa shape index (κ2) is 4.85. The Morgan fingerprint density at radius 2 is 2.00 bits per heavy atom. The number of thiophene rings is 1. The highest BCUT2D eigenvalue weighted by atomic mass is 32.3. The Balaban J connectivity index is 0.000000292. The molecule has 1 heterocycles. The maximum Gasteiger partial charge on any atom is 0.215 e. The smallest absolute Gasteiger partial charge is 0.215 e. The van der Waals surface area contributed by atoms with Gasteiger partial charge in [0.2, 0.25) is 10.4 Å². The van der Waals surface area contributed by atoms with Crippen molar-refractivity contribution >= 4 is 21.7 Å². The summed E-state index contributed by atoms with van der Waals surface area (Å²) in [6, 6.07) is 4.19. The van der Waals surface area contributed by atoms with Crippen LogP contribution < -0.4 is 5.73 Å². The van der Waals surface area contributed by atoms with E-state index in [4.69, 9.17) is 17.5 Å². The summed E-state index contributed by atoms with van der Waals surface area (Å²) in [5, 5.41) is 2.09. The minimum absolute atomic E-state index is 0.0914. The van der Waals surface area contributed by atoms with Crippen molar-refractivity contribution < 1.29 is 23.3 Å². The lowest BCUT2D eigenvalue weighted by molar-refractivity contribution is -0.473. The molecule has 0 saturated carbocycles. The largest absolute Gasteiger partial charge is 0.726 e. The molecule has 82 valence electrons. The Bertz CT molecular complexity index is 342. The Hall–Kier alpha value is -0.470. The third kappa shape index (κ3) is 8.14. The molecule has 0 spiro atoms. The molecule has 0 atom stereocenters. The molecule has 0 radical (unpaired) electrons. The highest BCUT2D eigenvalue weighted by Gasteiger charge is 2.18. The van der Waals surface area contributed by atoms with Gasteiger partial charge in [0.05, 0.1) is 4.88 Å². The van der Waals surface area contributed by atoms with Gasteiger partial charge in [0, 0.05) is 0 Å². The van der Waals surface area contributed by atoms with Crippen molar-refractivity contribution in [3.63, 3.8) is 0 Å². The molecule has 14 heavy (non-hydrogen) atoms. The van der Waals surface area contributed by atoms with Crippen LogP contribution in [0.4, 0.5) is 0 Å². The van der Waals surface area contributed by atoms with Gasteiger partial charge in [-0.1, -0.05) is 6.07 Å². The molecule has 0 aliphatic carbocycles. The summed E-state index contributed by atoms with van der Waals surface area (Å²) in [7, 11) is -4.92. The summed E-state index contributed by atoms with van der Waals surface area (Å²) in [6.45, 7) is 4.25. The molecule has 1 aromatic rings. The van der Waals surface area contributed by atoms with E-state index in [-0.39, 0.29) is 5.54 Å². The highest BCUT2D eigenvalue weighted by Crippen LogP contribution is 2.19. The molecule has 4 N–H and O–H groups in total. The van der Waals surface area contributed by atoms with Gasteiger partial charge in [0.25, 0.3) is 0 Å². The molecule has 0 saturated heterocycles. The molecule has 0 amide bonds. The van der Waals surface area contributed by atoms with E-state index in [9.17, 15) is 0 Å². The van der Waals surface area contributed by atoms with Crippen LogP contribution in [0.25, 0.3) is 0 Å². The molecule has 0 aliphatic heterocycles. The first-order valence-corrected chi connectivity index (χ1v) is 5.93. The first kappa shape index (κ1) is 13.5. The van der Waals surface area contributed by atoms with Gasteiger partial charge >= 0.3 is 0 Å². The lowest BCUT2D eigenvalue weighted by atomic mass is 10.1. The average Bonchev–Trinajstić information content (AvgIpc) is 2.28. The Morgan fingerprint density at radius 1 is 1.57 bits per heavy atom. The zero-order valence-corrected chi connectivity index (χ0v) is 9.56. The monoisotopic (exact) mass is 239 g/mol. The second-order valence-electron chi connectivity index (χ2n) is 3.29. The van der Waals surface area contributed by atoms with E-state index in [1.165, 1.54) is 4.88 Å². The number of quaternary nitrogens is 1. The normalized spacial score (nSPS) is 11.8. The quantitative estimate of drug-likeness (QED) is 0.540. The molecule has 7 heteroatoms. The Kier molecular flexibility index (Phi) is 4.69. The van der Waals surface area contributed by atoms with Crippen molar-refractivity contribution in [3.8, 4) is 0 Å². The molecule has 0 aliphatic rings. The van der Waals surface area contributed by atoms with E-state index in [1.54, 1.807) is 11.3 Å². The second-order valence-corrected chi connectivity index (χ2v) is 5.09. The Labute approximate surface area is 87.1 Å². The summed E-state index contributed by atoms with van der Waals surface area (Å²) in [5.74, 6) is 0. The van der Waals surface area contributed by atoms with Crippen LogP contribution >= 0.6 is 11.3 Å². The molecular weight excluding hydrogens is 226 g/mol. The van der Waals surface area contributed by atoms with E-state index in [0.717, 1.165) is 0 Å². The van der Waals surface area contributed by atoms with Gasteiger partial charge in [0.15, 0.2) is 0 Å². The molecule has 1 aromatic heterocycles. The van der Waals surface area contributed by atoms with Gasteiger partial charge in [-0.05, 0) is 25.3 Å². The van der Waals surface area contributed by atoms with Gasteiger partial charge < -0.3 is 10.3 Å². The first-order chi connectivity index (χ1) is 6.11. The summed E-state index contributed by atoms with van der Waals surface area (Å²) >= 11 is 1.77. The summed E-state index contributed by atoms with van der Waals surface area (Å²) < 4.78 is 32.8. The molecule has 0 aromatic carbocycles. The van der Waals surface area contributed by atoms with Crippen LogP contribution in [0.5, 0.6) is 0 Å². The zero-order chi connectivity index (χ0) is 11.4. The van der Waals surface area contributed by atoms with Crippen molar-refractivity contribution in [2.75, 3.05) is 0 Å². The Morgan fingerprint density at radius 3 is 2.14 bits per heavy atom. The standard InChI is InChI=1S/C7H11NS.H2O4S/c1-7(2,8)6-4-3-5-9-6;1-5(2,3)4/h3-5H,8H2,1-2H3;(H2,1,2,3,4). The highest BCUT2D eigenvalue weighted by molar-refractivity contribution is 7.79. The number of rotatable bonds is 1. The molecule has 5 nitrogen and oxygen atoms in total. The molecule has 1 rings (SSSR count). The minimum atomic E-state index is -4.92. The predicted molar refractivity (Wildman–Crippen MR) is 52.6 cm³/mol. The maximum atomic E-state index is 8.63. The fourth-order valence-corrected chi connectivity index (χ4v) is 1.44. The number of hydrogen-bond acceptors (Lipinski definition) is 4. The molecule has 0 bridgehead atoms. The lowest BCUT2D eigenvalue weighted by Gasteiger charge is -2.10. The summed E-state index contributed by atoms with van der Waals surface area (Å²) in [5.41, 5.74) is 4.11. The topological polar surface area (TPSA) is 105 Å². The number of hydrogen-bond donors (Lipinski definition) is 2. The van der Waals surface area contributed by atoms with Gasteiger partial charge in [-0.25, -0.2) is 8.42 Å². The SMILES string of the molecule is CC(C)([NH3+])c1cccs1.O=S(=O)([O-])O. The minimum Gasteiger partial charge on any atom is -0.726 e. The van der Waals surface area contributed by atoms with Crippen LogP contribution in [-0.2, 0) is 15.9 Å². The zero-order valence-electron chi connectivity index (χ0n) is 7.93. The van der Waals surface area contributed by atoms with Gasteiger partial charge in [-0.2, -0.15) is 0 Å². The summed E-state index contributed by atoms with van der Waals surface area (Å²) in [4.78, 5) is 1.35. The van der Waals surface area contributed by atoms with Gasteiger partial charge in [-0.3, -0.25) is 4.55 Å². The summed E-state index contributed by atoms with van der Waals surface area (Å²) in [6.07, 6.45) is 0. The lowest BCUT2D eigenvalue weighted by Crippen LogP contribution is -2.66. The third-order valence-corrected chi connectivity index (χ3v) is 2.42. The van der Waals surface area contributed by atoms with Crippen molar-refractivity contribution in [2.24, 2.45) is 0 Å². The molecular formula is C7H13NO4S2. The van der Waals surface area contributed by atoms with Crippen LogP contribution in [-0.4, -0.2) is 17.5 Å². The van der Waals surface area contributed by atoms with Crippen molar-refractivity contribution in [3.05, 3.63) is 22.4 Å². The van der Waals surface area contributed by atoms with Gasteiger partial charge in [-0.15, -0.1) is 11.3 Å². The van der Waals surface area contributed by atoms with E-state index in [1.807, 2.05) is 0 Å². The van der Waals surface area contributed by atoms with Crippen molar-refractivity contribution in [1.82, 2.24) is 0 Å². The van der Waals surface area contributed by atoms with Crippen LogP contribution in [0.1, 0.15) is 18.7 Å². The fourth-order valence-electron chi connectivity index (χ4n) is 0.664. The van der Waals surface area contributed by atoms with Crippen molar-refractivity contribution in [2.45, 2.75) is 19.4 Å². The maximum absolute atomic E-state index is 8.63. The van der Waals surface area contributed by atoms with E-state index in [0.29, 0.717) is 0 Å². The van der Waals surface area contributed by atoms with Crippen LogP contribution in [0.3, 0.4) is 0 Å². The third-order valence-electron chi connectivity index (χ3n) is 1.19. The van der Waals surface area contributed by atoms with Crippen molar-refractivity contribution in [1.29, 1.82) is 0 Å². The van der Waals surface area contributed by atoms with Gasteiger partial charge in [0.1, 0.15) is 5.54 Å². The predicted octanol–water partition coefficient (Wildman–Crippen LogP) is 0.230. The van der Waals surface area contributed by atoms with Crippen LogP contribution in [0.15, 0.2) is 17.5 Å². The first-order valence-electron chi connectivity index (χ1n) is 3.68. The van der Waals surface area contributed by atoms with E-state index < -0.39 is 10.4 Å². The van der Waals surface area contributed by atoms with E-state index >= 15 is 0 Å². The average molecular weight is 239 g/mol. The fraction of sp³-hybridized carbons (Fsp3) is 0.429. The molecule has 0 unspecified atom stereocenters. The van der Waals surface area contributed by atoms with Crippen LogP contribution in [0, 0.1) is 0 Å². The molecule has 0 fully saturated rings. The van der Waals surface area contributed by atoms with Crippen LogP contribution in [0.2, 0.25) is 0 Å². The van der Waals surface area contributed by atoms with E-state index in [2.05, 4.69) is 37.1 Å².